The van der Waals surface area contributed by atoms with E-state index in [1.165, 1.54) is 18.2 Å². The summed E-state index contributed by atoms with van der Waals surface area (Å²) in [5.41, 5.74) is -1.98. The molecule has 37 heavy (non-hydrogen) atoms. The monoisotopic (exact) mass is 576 g/mol. The van der Waals surface area contributed by atoms with Crippen molar-refractivity contribution in [1.82, 2.24) is 9.97 Å². The number of halogens is 5. The van der Waals surface area contributed by atoms with Crippen molar-refractivity contribution in [3.05, 3.63) is 76.2 Å². The average Bonchev–Trinajstić information content (AvgIpc) is 2.82. The predicted molar refractivity (Wildman–Crippen MR) is 133 cm³/mol. The number of hydrogen-bond donors (Lipinski definition) is 0. The average molecular weight is 577 g/mol. The number of benzene rings is 1. The smallest absolute Gasteiger partial charge is 0.363 e. The fourth-order valence-corrected chi connectivity index (χ4v) is 5.17. The first kappa shape index (κ1) is 28.6. The van der Waals surface area contributed by atoms with Crippen molar-refractivity contribution in [1.29, 1.82) is 0 Å². The maximum absolute atomic E-state index is 13.7. The summed E-state index contributed by atoms with van der Waals surface area (Å²) in [5, 5.41) is -0.697. The highest BCUT2D eigenvalue weighted by Gasteiger charge is 2.37. The van der Waals surface area contributed by atoms with Gasteiger partial charge in [-0.15, -0.1) is 0 Å². The van der Waals surface area contributed by atoms with E-state index in [9.17, 15) is 26.4 Å². The maximum atomic E-state index is 13.7. The van der Waals surface area contributed by atoms with E-state index in [0.29, 0.717) is 10.4 Å². The third kappa shape index (κ3) is 6.15. The molecule has 8 nitrogen and oxygen atoms in total. The lowest BCUT2D eigenvalue weighted by Crippen LogP contribution is -2.40. The number of ether oxygens (including phenoxy) is 1. The molecule has 3 aromatic rings. The van der Waals surface area contributed by atoms with Crippen molar-refractivity contribution in [2.24, 2.45) is 0 Å². The number of pyridine rings is 2. The lowest BCUT2D eigenvalue weighted by atomic mass is 10.2. The van der Waals surface area contributed by atoms with E-state index in [1.54, 1.807) is 32.0 Å². The molecule has 0 bridgehead atoms. The van der Waals surface area contributed by atoms with Gasteiger partial charge in [-0.25, -0.2) is 22.7 Å². The molecule has 0 aliphatic carbocycles. The first-order valence-electron chi connectivity index (χ1n) is 10.6. The highest BCUT2D eigenvalue weighted by Crippen LogP contribution is 2.37. The topological polar surface area (TPSA) is 92.7 Å². The number of hydrogen-bond acceptors (Lipinski definition) is 6. The van der Waals surface area contributed by atoms with Gasteiger partial charge in [0.05, 0.1) is 26.2 Å². The zero-order chi connectivity index (χ0) is 27.5. The van der Waals surface area contributed by atoms with E-state index in [4.69, 9.17) is 27.9 Å². The number of anilines is 2. The molecule has 1 amide bonds. The summed E-state index contributed by atoms with van der Waals surface area (Å²) in [6.45, 7) is 2.77. The number of sulfonamides is 1. The summed E-state index contributed by atoms with van der Waals surface area (Å²) in [7, 11) is -3.55. The number of aromatic nitrogens is 2. The van der Waals surface area contributed by atoms with Crippen LogP contribution in [0.1, 0.15) is 29.9 Å². The summed E-state index contributed by atoms with van der Waals surface area (Å²) in [6, 6.07) is 7.81. The van der Waals surface area contributed by atoms with Gasteiger partial charge in [0, 0.05) is 25.5 Å². The molecule has 0 N–H and O–H groups in total. The van der Waals surface area contributed by atoms with Gasteiger partial charge in [0.1, 0.15) is 12.5 Å². The number of methoxy groups -OCH3 is 1. The van der Waals surface area contributed by atoms with Gasteiger partial charge in [-0.05, 0) is 50.2 Å². The highest BCUT2D eigenvalue weighted by atomic mass is 35.5. The number of nitrogens with zero attached hydrogens (tertiary/aromatic N) is 4. The zero-order valence-corrected chi connectivity index (χ0v) is 22.0. The molecule has 2 aromatic heterocycles. The molecule has 0 saturated carbocycles. The van der Waals surface area contributed by atoms with Crippen LogP contribution < -0.4 is 9.21 Å². The van der Waals surface area contributed by atoms with Gasteiger partial charge < -0.3 is 4.74 Å². The normalized spacial score (nSPS) is 12.0. The highest BCUT2D eigenvalue weighted by molar-refractivity contribution is 7.92. The molecular weight excluding hydrogens is 556 g/mol. The molecule has 0 fully saturated rings. The Balaban J connectivity index is 2.20. The van der Waals surface area contributed by atoms with Crippen LogP contribution in [0, 0.1) is 0 Å². The van der Waals surface area contributed by atoms with Crippen molar-refractivity contribution in [2.45, 2.75) is 31.0 Å². The second kappa shape index (κ2) is 11.2. The largest absolute Gasteiger partial charge is 0.417 e. The van der Waals surface area contributed by atoms with Crippen LogP contribution in [0.25, 0.3) is 0 Å². The zero-order valence-electron chi connectivity index (χ0n) is 19.7. The standard InChI is InChI=1S/C23H21Cl2F3N4O4S/c1-14(2)32(20-6-4-5-9-29-20)22(33)21-19(10-15(24)12-30-21)31(13-36-3)37(34,35)16-7-8-18(25)17(11-16)23(26,27)28/h4-12,14H,13H2,1-3H3. The van der Waals surface area contributed by atoms with Crippen LogP contribution in [0.3, 0.4) is 0 Å². The molecule has 198 valence electrons. The summed E-state index contributed by atoms with van der Waals surface area (Å²) in [6.07, 6.45) is -2.28. The number of amides is 1. The quantitative estimate of drug-likeness (QED) is 0.321. The molecule has 3 rings (SSSR count). The summed E-state index contributed by atoms with van der Waals surface area (Å²) in [5.74, 6) is -0.442. The van der Waals surface area contributed by atoms with Crippen molar-refractivity contribution in [3.63, 3.8) is 0 Å². The summed E-state index contributed by atoms with van der Waals surface area (Å²) < 4.78 is 73.2. The van der Waals surface area contributed by atoms with Gasteiger partial charge in [-0.2, -0.15) is 13.2 Å². The minimum atomic E-state index is -4.91. The van der Waals surface area contributed by atoms with E-state index >= 15 is 0 Å². The number of carbonyl (C=O) groups is 1. The Bertz CT molecular complexity index is 1390. The third-order valence-electron chi connectivity index (χ3n) is 5.01. The first-order chi connectivity index (χ1) is 17.3. The Kier molecular flexibility index (Phi) is 8.68. The molecule has 0 radical (unpaired) electrons. The SMILES string of the molecule is COCN(c1cc(Cl)cnc1C(=O)N(c1ccccn1)C(C)C)S(=O)(=O)c1ccc(Cl)c(C(F)(F)F)c1. The van der Waals surface area contributed by atoms with Crippen molar-refractivity contribution < 1.29 is 31.1 Å². The molecular formula is C23H21Cl2F3N4O4S. The predicted octanol–water partition coefficient (Wildman–Crippen LogP) is 5.66. The lowest BCUT2D eigenvalue weighted by molar-refractivity contribution is -0.137. The lowest BCUT2D eigenvalue weighted by Gasteiger charge is -2.29. The minimum Gasteiger partial charge on any atom is -0.363 e. The van der Waals surface area contributed by atoms with E-state index in [1.807, 2.05) is 0 Å². The van der Waals surface area contributed by atoms with Crippen LogP contribution in [-0.4, -0.2) is 44.2 Å². The van der Waals surface area contributed by atoms with Crippen molar-refractivity contribution >= 4 is 50.6 Å². The van der Waals surface area contributed by atoms with Gasteiger partial charge in [0.25, 0.3) is 15.9 Å². The van der Waals surface area contributed by atoms with Crippen molar-refractivity contribution in [3.8, 4) is 0 Å². The fourth-order valence-electron chi connectivity index (χ4n) is 3.39. The summed E-state index contributed by atoms with van der Waals surface area (Å²) in [4.78, 5) is 22.5. The molecule has 0 unspecified atom stereocenters. The van der Waals surface area contributed by atoms with E-state index in [0.717, 1.165) is 24.4 Å². The van der Waals surface area contributed by atoms with E-state index in [2.05, 4.69) is 9.97 Å². The second-order valence-electron chi connectivity index (χ2n) is 7.89. The number of alkyl halides is 3. The van der Waals surface area contributed by atoms with Crippen LogP contribution in [0.5, 0.6) is 0 Å². The molecule has 2 heterocycles. The summed E-state index contributed by atoms with van der Waals surface area (Å²) >= 11 is 11.8. The molecule has 14 heteroatoms. The first-order valence-corrected chi connectivity index (χ1v) is 12.8. The maximum Gasteiger partial charge on any atom is 0.417 e. The molecule has 0 aliphatic rings. The molecule has 0 spiro atoms. The van der Waals surface area contributed by atoms with E-state index < -0.39 is 50.4 Å². The fraction of sp³-hybridized carbons (Fsp3) is 0.261. The third-order valence-corrected chi connectivity index (χ3v) is 7.28. The number of rotatable bonds is 8. The van der Waals surface area contributed by atoms with Crippen LogP contribution in [0.2, 0.25) is 10.0 Å². The molecule has 0 atom stereocenters. The second-order valence-corrected chi connectivity index (χ2v) is 10.6. The van der Waals surface area contributed by atoms with Gasteiger partial charge in [-0.3, -0.25) is 9.69 Å². The van der Waals surface area contributed by atoms with Crippen LogP contribution in [-0.2, 0) is 20.9 Å². The molecule has 0 saturated heterocycles. The van der Waals surface area contributed by atoms with Crippen molar-refractivity contribution in [2.75, 3.05) is 23.0 Å². The minimum absolute atomic E-state index is 0.0242. The molecule has 0 aliphatic heterocycles. The Hall–Kier alpha value is -2.93. The van der Waals surface area contributed by atoms with E-state index in [-0.39, 0.29) is 22.2 Å². The van der Waals surface area contributed by atoms with Gasteiger partial charge >= 0.3 is 6.18 Å². The Morgan fingerprint density at radius 2 is 1.81 bits per heavy atom. The molecule has 1 aromatic carbocycles. The van der Waals surface area contributed by atoms with Crippen LogP contribution >= 0.6 is 23.2 Å². The number of carbonyl (C=O) groups excluding carboxylic acids is 1. The Labute approximate surface area is 221 Å². The van der Waals surface area contributed by atoms with Gasteiger partial charge in [0.15, 0.2) is 5.69 Å². The van der Waals surface area contributed by atoms with Crippen LogP contribution in [0.15, 0.2) is 59.8 Å². The van der Waals surface area contributed by atoms with Gasteiger partial charge in [-0.1, -0.05) is 29.3 Å². The van der Waals surface area contributed by atoms with Gasteiger partial charge in [0.2, 0.25) is 0 Å². The Morgan fingerprint density at radius 3 is 2.38 bits per heavy atom. The van der Waals surface area contributed by atoms with Crippen LogP contribution in [0.4, 0.5) is 24.7 Å². The Morgan fingerprint density at radius 1 is 1.11 bits per heavy atom.